The van der Waals surface area contributed by atoms with Crippen molar-refractivity contribution in [3.05, 3.63) is 0 Å². The molecule has 1 heterocycles. The van der Waals surface area contributed by atoms with E-state index in [1.165, 1.54) is 19.5 Å². The van der Waals surface area contributed by atoms with Crippen molar-refractivity contribution < 1.29 is 4.79 Å². The predicted molar refractivity (Wildman–Crippen MR) is 73.0 cm³/mol. The van der Waals surface area contributed by atoms with Crippen LogP contribution in [-0.2, 0) is 4.79 Å². The number of piperidine rings is 1. The molecule has 0 bridgehead atoms. The van der Waals surface area contributed by atoms with Crippen LogP contribution >= 0.6 is 0 Å². The third kappa shape index (κ3) is 5.20. The maximum absolute atomic E-state index is 10.7. The highest BCUT2D eigenvalue weighted by Crippen LogP contribution is 2.44. The van der Waals surface area contributed by atoms with Gasteiger partial charge in [-0.25, -0.2) is 0 Å². The topological polar surface area (TPSA) is 29.1 Å². The summed E-state index contributed by atoms with van der Waals surface area (Å²) < 4.78 is 0. The number of carbonyl (C=O) groups excluding carboxylic acids is 1. The second kappa shape index (κ2) is 5.99. The first-order valence-corrected chi connectivity index (χ1v) is 7.01. The highest BCUT2D eigenvalue weighted by molar-refractivity contribution is 5.79. The monoisotopic (exact) mass is 239 g/mol. The summed E-state index contributed by atoms with van der Waals surface area (Å²) >= 11 is 0. The van der Waals surface area contributed by atoms with E-state index < -0.39 is 0 Å². The Bertz CT molecular complexity index is 244. The van der Waals surface area contributed by atoms with Crippen LogP contribution in [0.4, 0.5) is 0 Å². The molecule has 2 heteroatoms. The largest absolute Gasteiger partial charge is 0.316 e. The van der Waals surface area contributed by atoms with E-state index in [0.29, 0.717) is 17.1 Å². The minimum atomic E-state index is 0.370. The molecule has 100 valence electrons. The van der Waals surface area contributed by atoms with Crippen LogP contribution in [0.3, 0.4) is 0 Å². The van der Waals surface area contributed by atoms with Crippen molar-refractivity contribution in [3.63, 3.8) is 0 Å². The first kappa shape index (κ1) is 14.7. The third-order valence-electron chi connectivity index (χ3n) is 3.96. The van der Waals surface area contributed by atoms with Gasteiger partial charge in [-0.15, -0.1) is 0 Å². The fraction of sp³-hybridized carbons (Fsp3) is 0.933. The van der Waals surface area contributed by atoms with Crippen molar-refractivity contribution in [2.75, 3.05) is 13.1 Å². The second-order valence-electron chi connectivity index (χ2n) is 6.98. The molecule has 1 N–H and O–H groups in total. The molecule has 1 aliphatic heterocycles. The average Bonchev–Trinajstić information content (AvgIpc) is 2.14. The van der Waals surface area contributed by atoms with Crippen molar-refractivity contribution in [2.24, 2.45) is 23.2 Å². The van der Waals surface area contributed by atoms with Crippen LogP contribution in [0.1, 0.15) is 53.9 Å². The number of rotatable bonds is 1. The normalized spacial score (nSPS) is 32.1. The number of hydrogen-bond donors (Lipinski definition) is 1. The molecule has 1 aliphatic carbocycles. The molecule has 2 atom stereocenters. The Kier molecular flexibility index (Phi) is 5.18. The molecule has 1 saturated carbocycles. The van der Waals surface area contributed by atoms with E-state index in [9.17, 15) is 4.79 Å². The second-order valence-corrected chi connectivity index (χ2v) is 6.98. The molecule has 17 heavy (non-hydrogen) atoms. The van der Waals surface area contributed by atoms with Crippen LogP contribution in [0.15, 0.2) is 0 Å². The first-order chi connectivity index (χ1) is 7.80. The summed E-state index contributed by atoms with van der Waals surface area (Å²) in [5, 5.41) is 3.38. The van der Waals surface area contributed by atoms with Crippen LogP contribution < -0.4 is 5.32 Å². The molecule has 0 radical (unpaired) electrons. The van der Waals surface area contributed by atoms with Gasteiger partial charge in [0.25, 0.3) is 0 Å². The Morgan fingerprint density at radius 2 is 1.59 bits per heavy atom. The SMILES string of the molecule is CC(=O)C1CC(C)(C)C1.CC1CNCC(C)C1. The van der Waals surface area contributed by atoms with Gasteiger partial charge in [-0.3, -0.25) is 4.79 Å². The minimum Gasteiger partial charge on any atom is -0.316 e. The minimum absolute atomic E-state index is 0.370. The molecule has 0 aromatic rings. The molecule has 0 aromatic heterocycles. The fourth-order valence-electron chi connectivity index (χ4n) is 2.99. The maximum atomic E-state index is 10.7. The van der Waals surface area contributed by atoms with Gasteiger partial charge >= 0.3 is 0 Å². The molecule has 0 aromatic carbocycles. The van der Waals surface area contributed by atoms with Gasteiger partial charge in [0, 0.05) is 5.92 Å². The van der Waals surface area contributed by atoms with Crippen molar-refractivity contribution in [1.82, 2.24) is 5.32 Å². The van der Waals surface area contributed by atoms with Gasteiger partial charge in [-0.2, -0.15) is 0 Å². The molecule has 2 nitrogen and oxygen atoms in total. The van der Waals surface area contributed by atoms with E-state index in [1.807, 2.05) is 0 Å². The van der Waals surface area contributed by atoms with E-state index in [1.54, 1.807) is 6.92 Å². The van der Waals surface area contributed by atoms with Gasteiger partial charge in [-0.1, -0.05) is 27.7 Å². The van der Waals surface area contributed by atoms with Gasteiger partial charge < -0.3 is 5.32 Å². The number of ketones is 1. The number of Topliss-reactive ketones (excluding diaryl/α,β-unsaturated/α-hetero) is 1. The molecule has 2 aliphatic rings. The van der Waals surface area contributed by atoms with Crippen LogP contribution in [0.2, 0.25) is 0 Å². The van der Waals surface area contributed by atoms with Crippen molar-refractivity contribution in [2.45, 2.75) is 53.9 Å². The lowest BCUT2D eigenvalue weighted by Crippen LogP contribution is -2.35. The summed E-state index contributed by atoms with van der Waals surface area (Å²) in [6.07, 6.45) is 3.61. The Balaban J connectivity index is 0.000000171. The molecular weight excluding hydrogens is 210 g/mol. The van der Waals surface area contributed by atoms with Crippen molar-refractivity contribution in [1.29, 1.82) is 0 Å². The number of nitrogens with one attached hydrogen (secondary N) is 1. The van der Waals surface area contributed by atoms with Gasteiger partial charge in [0.2, 0.25) is 0 Å². The highest BCUT2D eigenvalue weighted by Gasteiger charge is 2.38. The Morgan fingerprint density at radius 1 is 1.12 bits per heavy atom. The smallest absolute Gasteiger partial charge is 0.132 e. The molecule has 2 rings (SSSR count). The molecule has 0 amide bonds. The van der Waals surface area contributed by atoms with Crippen molar-refractivity contribution in [3.8, 4) is 0 Å². The Labute approximate surface area is 107 Å². The lowest BCUT2D eigenvalue weighted by molar-refractivity contribution is -0.126. The summed E-state index contributed by atoms with van der Waals surface area (Å²) in [6.45, 7) is 13.2. The molecule has 2 fully saturated rings. The summed E-state index contributed by atoms with van der Waals surface area (Å²) in [5.41, 5.74) is 0.455. The average molecular weight is 239 g/mol. The van der Waals surface area contributed by atoms with Crippen molar-refractivity contribution >= 4 is 5.78 Å². The van der Waals surface area contributed by atoms with E-state index >= 15 is 0 Å². The summed E-state index contributed by atoms with van der Waals surface area (Å²) in [6, 6.07) is 0. The molecule has 1 saturated heterocycles. The maximum Gasteiger partial charge on any atom is 0.132 e. The van der Waals surface area contributed by atoms with E-state index in [4.69, 9.17) is 0 Å². The van der Waals surface area contributed by atoms with Crippen LogP contribution in [0.25, 0.3) is 0 Å². The van der Waals surface area contributed by atoms with E-state index in [0.717, 1.165) is 24.7 Å². The van der Waals surface area contributed by atoms with Gasteiger partial charge in [0.05, 0.1) is 0 Å². The van der Waals surface area contributed by atoms with Crippen LogP contribution in [0, 0.1) is 23.2 Å². The highest BCUT2D eigenvalue weighted by atomic mass is 16.1. The van der Waals surface area contributed by atoms with Gasteiger partial charge in [0.15, 0.2) is 0 Å². The van der Waals surface area contributed by atoms with Gasteiger partial charge in [0.1, 0.15) is 5.78 Å². The molecule has 2 unspecified atom stereocenters. The van der Waals surface area contributed by atoms with Crippen LogP contribution in [-0.4, -0.2) is 18.9 Å². The van der Waals surface area contributed by atoms with E-state index in [2.05, 4.69) is 33.0 Å². The zero-order valence-electron chi connectivity index (χ0n) is 12.2. The first-order valence-electron chi connectivity index (χ1n) is 7.01. The van der Waals surface area contributed by atoms with Crippen LogP contribution in [0.5, 0.6) is 0 Å². The third-order valence-corrected chi connectivity index (χ3v) is 3.96. The summed E-state index contributed by atoms with van der Waals surface area (Å²) in [5.74, 6) is 2.56. The Hall–Kier alpha value is -0.370. The zero-order chi connectivity index (χ0) is 13.1. The number of carbonyl (C=O) groups is 1. The standard InChI is InChI=1S/C8H14O.C7H15N/c1-6(9)7-4-8(2,3)5-7;1-6-3-7(2)5-8-4-6/h7H,4-5H2,1-3H3;6-8H,3-5H2,1-2H3. The lowest BCUT2D eigenvalue weighted by Gasteiger charge is -2.41. The lowest BCUT2D eigenvalue weighted by atomic mass is 9.63. The Morgan fingerprint density at radius 3 is 1.76 bits per heavy atom. The quantitative estimate of drug-likeness (QED) is 0.761. The zero-order valence-corrected chi connectivity index (χ0v) is 12.2. The summed E-state index contributed by atoms with van der Waals surface area (Å²) in [4.78, 5) is 10.7. The fourth-order valence-corrected chi connectivity index (χ4v) is 2.99. The van der Waals surface area contributed by atoms with E-state index in [-0.39, 0.29) is 0 Å². The summed E-state index contributed by atoms with van der Waals surface area (Å²) in [7, 11) is 0. The van der Waals surface area contributed by atoms with Gasteiger partial charge in [-0.05, 0) is 56.5 Å². The molecular formula is C15H29NO. The predicted octanol–water partition coefficient (Wildman–Crippen LogP) is 3.26. The molecule has 0 spiro atoms. The number of hydrogen-bond acceptors (Lipinski definition) is 2.